The van der Waals surface area contributed by atoms with Crippen molar-refractivity contribution in [2.24, 2.45) is 0 Å². The molecule has 0 saturated carbocycles. The van der Waals surface area contributed by atoms with Crippen molar-refractivity contribution in [3.05, 3.63) is 83.4 Å². The molecule has 144 valence electrons. The van der Waals surface area contributed by atoms with Crippen LogP contribution in [0.4, 0.5) is 11.4 Å². The number of para-hydroxylation sites is 1. The van der Waals surface area contributed by atoms with Crippen LogP contribution in [0.1, 0.15) is 10.4 Å². The van der Waals surface area contributed by atoms with Crippen molar-refractivity contribution in [2.75, 3.05) is 17.1 Å². The Labute approximate surface area is 168 Å². The Kier molecular flexibility index (Phi) is 5.87. The van der Waals surface area contributed by atoms with Gasteiger partial charge in [0.2, 0.25) is 0 Å². The Morgan fingerprint density at radius 1 is 0.964 bits per heavy atom. The summed E-state index contributed by atoms with van der Waals surface area (Å²) >= 11 is 5.96. The summed E-state index contributed by atoms with van der Waals surface area (Å²) in [5.74, 6) is 0.0459. The number of carbonyl (C=O) groups is 1. The van der Waals surface area contributed by atoms with Crippen LogP contribution in [0.2, 0.25) is 5.02 Å². The monoisotopic (exact) mass is 416 g/mol. The molecule has 3 aromatic carbocycles. The van der Waals surface area contributed by atoms with Gasteiger partial charge in [0.05, 0.1) is 17.7 Å². The zero-order chi connectivity index (χ0) is 20.1. The van der Waals surface area contributed by atoms with Crippen LogP contribution in [0.15, 0.2) is 77.7 Å². The third kappa shape index (κ3) is 4.62. The van der Waals surface area contributed by atoms with Gasteiger partial charge >= 0.3 is 0 Å². The largest absolute Gasteiger partial charge is 0.495 e. The quantitative estimate of drug-likeness (QED) is 0.623. The third-order valence-corrected chi connectivity index (χ3v) is 5.49. The fourth-order valence-electron chi connectivity index (χ4n) is 2.48. The molecule has 0 heterocycles. The number of ether oxygens (including phenoxy) is 1. The molecule has 0 fully saturated rings. The number of hydrogen-bond acceptors (Lipinski definition) is 4. The lowest BCUT2D eigenvalue weighted by Crippen LogP contribution is -2.15. The minimum absolute atomic E-state index is 0.0493. The summed E-state index contributed by atoms with van der Waals surface area (Å²) in [7, 11) is -2.27. The van der Waals surface area contributed by atoms with Gasteiger partial charge in [-0.1, -0.05) is 29.8 Å². The number of methoxy groups -OCH3 is 1. The van der Waals surface area contributed by atoms with Crippen molar-refractivity contribution in [3.8, 4) is 5.75 Å². The van der Waals surface area contributed by atoms with Crippen LogP contribution in [0.3, 0.4) is 0 Å². The topological polar surface area (TPSA) is 84.5 Å². The highest BCUT2D eigenvalue weighted by Crippen LogP contribution is 2.28. The van der Waals surface area contributed by atoms with E-state index in [4.69, 9.17) is 16.3 Å². The van der Waals surface area contributed by atoms with E-state index >= 15 is 0 Å². The Hall–Kier alpha value is -3.03. The van der Waals surface area contributed by atoms with Gasteiger partial charge in [-0.05, 0) is 54.6 Å². The molecule has 0 bridgehead atoms. The SMILES string of the molecule is COc1ccc(Cl)cc1NC(=O)c1ccc(S(=O)(=O)Nc2ccccc2)cc1. The first-order valence-electron chi connectivity index (χ1n) is 8.22. The normalized spacial score (nSPS) is 10.9. The van der Waals surface area contributed by atoms with Gasteiger partial charge in [-0.3, -0.25) is 9.52 Å². The maximum Gasteiger partial charge on any atom is 0.261 e. The van der Waals surface area contributed by atoms with Crippen LogP contribution >= 0.6 is 11.6 Å². The second-order valence-corrected chi connectivity index (χ2v) is 7.91. The van der Waals surface area contributed by atoms with Crippen molar-refractivity contribution in [3.63, 3.8) is 0 Å². The molecule has 6 nitrogen and oxygen atoms in total. The summed E-state index contributed by atoms with van der Waals surface area (Å²) in [5, 5.41) is 3.15. The number of rotatable bonds is 6. The molecule has 3 rings (SSSR count). The standard InChI is InChI=1S/C20H17ClN2O4S/c1-27-19-12-9-15(21)13-18(19)22-20(24)14-7-10-17(11-8-14)28(25,26)23-16-5-3-2-4-6-16/h2-13,23H,1H3,(H,22,24). The molecule has 3 aromatic rings. The Morgan fingerprint density at radius 2 is 1.64 bits per heavy atom. The summed E-state index contributed by atoms with van der Waals surface area (Å²) in [6.45, 7) is 0. The lowest BCUT2D eigenvalue weighted by atomic mass is 10.2. The van der Waals surface area contributed by atoms with E-state index in [-0.39, 0.29) is 4.90 Å². The molecule has 0 aliphatic carbocycles. The van der Waals surface area contributed by atoms with Crippen molar-refractivity contribution >= 4 is 38.9 Å². The van der Waals surface area contributed by atoms with Crippen molar-refractivity contribution in [1.82, 2.24) is 0 Å². The van der Waals surface area contributed by atoms with Crippen molar-refractivity contribution in [2.45, 2.75) is 4.90 Å². The van der Waals surface area contributed by atoms with E-state index in [0.717, 1.165) is 0 Å². The predicted octanol–water partition coefficient (Wildman–Crippen LogP) is 4.40. The van der Waals surface area contributed by atoms with Gasteiger partial charge in [0.25, 0.3) is 15.9 Å². The molecule has 0 unspecified atom stereocenters. The molecule has 0 aliphatic heterocycles. The minimum atomic E-state index is -3.75. The number of anilines is 2. The van der Waals surface area contributed by atoms with E-state index in [1.807, 2.05) is 0 Å². The Balaban J connectivity index is 1.77. The molecule has 0 spiro atoms. The number of amides is 1. The van der Waals surface area contributed by atoms with Crippen LogP contribution in [-0.4, -0.2) is 21.4 Å². The minimum Gasteiger partial charge on any atom is -0.495 e. The molecule has 8 heteroatoms. The summed E-state index contributed by atoms with van der Waals surface area (Å²) in [5.41, 5.74) is 1.17. The summed E-state index contributed by atoms with van der Waals surface area (Å²) < 4.78 is 32.6. The molecular weight excluding hydrogens is 400 g/mol. The molecule has 0 atom stereocenters. The van der Waals surface area contributed by atoms with Gasteiger partial charge in [-0.15, -0.1) is 0 Å². The molecule has 2 N–H and O–H groups in total. The lowest BCUT2D eigenvalue weighted by Gasteiger charge is -2.11. The van der Waals surface area contributed by atoms with E-state index in [1.165, 1.54) is 31.4 Å². The molecule has 0 aliphatic rings. The van der Waals surface area contributed by atoms with Crippen LogP contribution in [0.25, 0.3) is 0 Å². The van der Waals surface area contributed by atoms with Gasteiger partial charge in [0.15, 0.2) is 0 Å². The second kappa shape index (κ2) is 8.33. The average Bonchev–Trinajstić information content (AvgIpc) is 2.69. The highest BCUT2D eigenvalue weighted by Gasteiger charge is 2.16. The Morgan fingerprint density at radius 3 is 2.29 bits per heavy atom. The van der Waals surface area contributed by atoms with E-state index in [2.05, 4.69) is 10.0 Å². The first-order chi connectivity index (χ1) is 13.4. The average molecular weight is 417 g/mol. The summed E-state index contributed by atoms with van der Waals surface area (Å²) in [4.78, 5) is 12.5. The van der Waals surface area contributed by atoms with Crippen LogP contribution < -0.4 is 14.8 Å². The molecule has 1 amide bonds. The fraction of sp³-hybridized carbons (Fsp3) is 0.0500. The van der Waals surface area contributed by atoms with Crippen molar-refractivity contribution < 1.29 is 17.9 Å². The highest BCUT2D eigenvalue weighted by atomic mass is 35.5. The number of carbonyl (C=O) groups excluding carboxylic acids is 1. The zero-order valence-electron chi connectivity index (χ0n) is 14.8. The van der Waals surface area contributed by atoms with E-state index < -0.39 is 15.9 Å². The molecule has 0 aromatic heterocycles. The number of benzene rings is 3. The number of halogens is 1. The van der Waals surface area contributed by atoms with Crippen LogP contribution in [0.5, 0.6) is 5.75 Å². The first kappa shape index (κ1) is 19.7. The van der Waals surface area contributed by atoms with E-state index in [9.17, 15) is 13.2 Å². The Bertz CT molecular complexity index is 1080. The van der Waals surface area contributed by atoms with E-state index in [1.54, 1.807) is 48.5 Å². The molecular formula is C20H17ClN2O4S. The molecule has 0 saturated heterocycles. The van der Waals surface area contributed by atoms with Gasteiger partial charge < -0.3 is 10.1 Å². The first-order valence-corrected chi connectivity index (χ1v) is 10.1. The number of sulfonamides is 1. The van der Waals surface area contributed by atoms with Crippen LogP contribution in [-0.2, 0) is 10.0 Å². The maximum atomic E-state index is 12.5. The second-order valence-electron chi connectivity index (χ2n) is 5.79. The van der Waals surface area contributed by atoms with Crippen LogP contribution in [0, 0.1) is 0 Å². The fourth-order valence-corrected chi connectivity index (χ4v) is 3.71. The molecule has 0 radical (unpaired) electrons. The highest BCUT2D eigenvalue weighted by molar-refractivity contribution is 7.92. The van der Waals surface area contributed by atoms with Gasteiger partial charge in [0, 0.05) is 16.3 Å². The number of hydrogen-bond donors (Lipinski definition) is 2. The summed E-state index contributed by atoms with van der Waals surface area (Å²) in [6.07, 6.45) is 0. The maximum absolute atomic E-state index is 12.5. The zero-order valence-corrected chi connectivity index (χ0v) is 16.4. The van der Waals surface area contributed by atoms with Gasteiger partial charge in [0.1, 0.15) is 5.75 Å². The van der Waals surface area contributed by atoms with Gasteiger partial charge in [-0.25, -0.2) is 8.42 Å². The molecule has 28 heavy (non-hydrogen) atoms. The van der Waals surface area contributed by atoms with Gasteiger partial charge in [-0.2, -0.15) is 0 Å². The predicted molar refractivity (Wildman–Crippen MR) is 110 cm³/mol. The third-order valence-electron chi connectivity index (χ3n) is 3.86. The number of nitrogens with one attached hydrogen (secondary N) is 2. The lowest BCUT2D eigenvalue weighted by molar-refractivity contribution is 0.102. The van der Waals surface area contributed by atoms with E-state index in [0.29, 0.717) is 27.7 Å². The van der Waals surface area contributed by atoms with Crippen molar-refractivity contribution in [1.29, 1.82) is 0 Å². The summed E-state index contributed by atoms with van der Waals surface area (Å²) in [6, 6.07) is 19.0. The smallest absolute Gasteiger partial charge is 0.261 e.